The van der Waals surface area contributed by atoms with Crippen molar-refractivity contribution in [3.8, 4) is 11.1 Å². The summed E-state index contributed by atoms with van der Waals surface area (Å²) in [6.45, 7) is 6.27. The lowest BCUT2D eigenvalue weighted by Crippen LogP contribution is -2.33. The van der Waals surface area contributed by atoms with Crippen molar-refractivity contribution in [1.29, 1.82) is 0 Å². The van der Waals surface area contributed by atoms with E-state index in [9.17, 15) is 14.0 Å². The molecular formula is C31H37FN4O2. The summed E-state index contributed by atoms with van der Waals surface area (Å²) in [5.74, 6) is 0.618. The second kappa shape index (κ2) is 10.6. The van der Waals surface area contributed by atoms with E-state index in [0.29, 0.717) is 40.5 Å². The number of rotatable bonds is 9. The van der Waals surface area contributed by atoms with Crippen LogP contribution in [0.1, 0.15) is 60.0 Å². The van der Waals surface area contributed by atoms with Crippen molar-refractivity contribution < 1.29 is 9.18 Å². The first-order valence-electron chi connectivity index (χ1n) is 14.1. The molecule has 3 fully saturated rings. The number of hydrogen-bond donors (Lipinski definition) is 3. The Labute approximate surface area is 223 Å². The number of carbonyl (C=O) groups is 1. The van der Waals surface area contributed by atoms with Crippen LogP contribution < -0.4 is 21.5 Å². The van der Waals surface area contributed by atoms with E-state index >= 15 is 0 Å². The molecule has 1 saturated heterocycles. The Hall–Kier alpha value is -3.03. The number of aromatic nitrogens is 1. The molecular weight excluding hydrogens is 479 g/mol. The van der Waals surface area contributed by atoms with Gasteiger partial charge in [0.2, 0.25) is 0 Å². The van der Waals surface area contributed by atoms with E-state index in [1.165, 1.54) is 31.7 Å². The number of pyridine rings is 1. The largest absolute Gasteiger partial charge is 0.349 e. The number of benzene rings is 2. The number of hydrogen-bond acceptors (Lipinski definition) is 4. The molecule has 7 heteroatoms. The van der Waals surface area contributed by atoms with Crippen LogP contribution in [-0.4, -0.2) is 36.2 Å². The minimum absolute atomic E-state index is 0.0287. The Balaban J connectivity index is 1.36. The summed E-state index contributed by atoms with van der Waals surface area (Å²) < 4.78 is 16.9. The van der Waals surface area contributed by atoms with Gasteiger partial charge >= 0.3 is 0 Å². The Kier molecular flexibility index (Phi) is 7.06. The molecule has 1 aliphatic heterocycles. The molecule has 38 heavy (non-hydrogen) atoms. The lowest BCUT2D eigenvalue weighted by molar-refractivity contribution is 0.0950. The summed E-state index contributed by atoms with van der Waals surface area (Å²) in [4.78, 5) is 26.1. The van der Waals surface area contributed by atoms with Gasteiger partial charge in [-0.25, -0.2) is 4.39 Å². The molecule has 1 amide bonds. The predicted octanol–water partition coefficient (Wildman–Crippen LogP) is 4.51. The van der Waals surface area contributed by atoms with Crippen molar-refractivity contribution in [1.82, 2.24) is 20.5 Å². The quantitative estimate of drug-likeness (QED) is 0.391. The van der Waals surface area contributed by atoms with Crippen molar-refractivity contribution in [2.24, 2.45) is 11.8 Å². The summed E-state index contributed by atoms with van der Waals surface area (Å²) in [7, 11) is 0. The molecule has 3 aliphatic rings. The highest BCUT2D eigenvalue weighted by atomic mass is 19.1. The van der Waals surface area contributed by atoms with Gasteiger partial charge in [-0.15, -0.1) is 0 Å². The van der Waals surface area contributed by atoms with E-state index in [1.54, 1.807) is 13.0 Å². The molecule has 0 bridgehead atoms. The van der Waals surface area contributed by atoms with Crippen LogP contribution in [-0.2, 0) is 13.1 Å². The monoisotopic (exact) mass is 516 g/mol. The summed E-state index contributed by atoms with van der Waals surface area (Å²) >= 11 is 0. The zero-order chi connectivity index (χ0) is 26.2. The molecule has 6 rings (SSSR count). The Morgan fingerprint density at radius 1 is 1.03 bits per heavy atom. The maximum Gasteiger partial charge on any atom is 0.258 e. The summed E-state index contributed by atoms with van der Waals surface area (Å²) in [6, 6.07) is 9.08. The zero-order valence-corrected chi connectivity index (χ0v) is 22.1. The van der Waals surface area contributed by atoms with Crippen LogP contribution in [0, 0.1) is 24.6 Å². The van der Waals surface area contributed by atoms with Crippen molar-refractivity contribution in [3.63, 3.8) is 0 Å². The molecule has 6 nitrogen and oxygen atoms in total. The fourth-order valence-electron chi connectivity index (χ4n) is 5.59. The predicted molar refractivity (Wildman–Crippen MR) is 149 cm³/mol. The van der Waals surface area contributed by atoms with Crippen molar-refractivity contribution in [2.45, 2.75) is 64.6 Å². The molecule has 3 aromatic rings. The van der Waals surface area contributed by atoms with Crippen molar-refractivity contribution in [2.75, 3.05) is 19.6 Å². The smallest absolute Gasteiger partial charge is 0.258 e. The molecule has 0 radical (unpaired) electrons. The van der Waals surface area contributed by atoms with Crippen LogP contribution in [0.5, 0.6) is 0 Å². The van der Waals surface area contributed by atoms with Crippen LogP contribution in [0.15, 0.2) is 41.3 Å². The average Bonchev–Trinajstić information content (AvgIpc) is 3.86. The maximum absolute atomic E-state index is 15.0. The molecule has 200 valence electrons. The van der Waals surface area contributed by atoms with E-state index in [2.05, 4.69) is 16.0 Å². The number of amides is 1. The third kappa shape index (κ3) is 5.54. The third-order valence-corrected chi connectivity index (χ3v) is 8.36. The third-order valence-electron chi connectivity index (χ3n) is 8.36. The van der Waals surface area contributed by atoms with Gasteiger partial charge in [0.05, 0.1) is 0 Å². The summed E-state index contributed by atoms with van der Waals surface area (Å²) in [5, 5.41) is 11.6. The van der Waals surface area contributed by atoms with Gasteiger partial charge in [0.1, 0.15) is 5.82 Å². The highest BCUT2D eigenvalue weighted by molar-refractivity contribution is 5.97. The van der Waals surface area contributed by atoms with E-state index in [0.717, 1.165) is 55.5 Å². The van der Waals surface area contributed by atoms with Crippen LogP contribution in [0.3, 0.4) is 0 Å². The van der Waals surface area contributed by atoms with Gasteiger partial charge in [-0.3, -0.25) is 9.59 Å². The average molecular weight is 517 g/mol. The van der Waals surface area contributed by atoms with E-state index in [-0.39, 0.29) is 17.5 Å². The van der Waals surface area contributed by atoms with E-state index < -0.39 is 5.82 Å². The number of nitrogens with zero attached hydrogens (tertiary/aromatic N) is 1. The fourth-order valence-corrected chi connectivity index (χ4v) is 5.59. The van der Waals surface area contributed by atoms with Crippen molar-refractivity contribution >= 4 is 16.7 Å². The Morgan fingerprint density at radius 2 is 1.82 bits per heavy atom. The number of nitrogens with one attached hydrogen (secondary N) is 3. The van der Waals surface area contributed by atoms with Gasteiger partial charge in [0.25, 0.3) is 11.5 Å². The number of piperidine rings is 1. The first-order chi connectivity index (χ1) is 18.5. The van der Waals surface area contributed by atoms with Gasteiger partial charge < -0.3 is 20.5 Å². The summed E-state index contributed by atoms with van der Waals surface area (Å²) in [6.07, 6.45) is 8.69. The first kappa shape index (κ1) is 25.3. The van der Waals surface area contributed by atoms with Gasteiger partial charge in [0.15, 0.2) is 0 Å². The molecule has 2 aromatic carbocycles. The SMILES string of the molecule is Cc1c(F)cc(C(=O)NC2CC2)cc1-c1ccc2c(=O)n(CC3CC3)cc(CNCC3CCNCC3)c2c1. The number of fused-ring (bicyclic) bond motifs is 1. The van der Waals surface area contributed by atoms with Crippen LogP contribution in [0.2, 0.25) is 0 Å². The molecule has 1 aromatic heterocycles. The molecule has 0 unspecified atom stereocenters. The highest BCUT2D eigenvalue weighted by Gasteiger charge is 2.25. The molecule has 2 saturated carbocycles. The van der Waals surface area contributed by atoms with Gasteiger partial charge in [-0.1, -0.05) is 6.07 Å². The standard InChI is InChI=1S/C31H37FN4O2/c1-19-27(13-23(14-29(19)32)30(37)35-25-5-6-25)22-4-7-26-28(12-22)24(16-34-15-20-8-10-33-11-9-20)18-36(31(26)38)17-21-2-3-21/h4,7,12-14,18,20-21,25,33-34H,2-3,5-6,8-11,15-17H2,1H3,(H,35,37). The topological polar surface area (TPSA) is 75.2 Å². The second-order valence-electron chi connectivity index (χ2n) is 11.5. The minimum atomic E-state index is -0.396. The van der Waals surface area contributed by atoms with Gasteiger partial charge in [-0.05, 0) is 129 Å². The first-order valence-corrected chi connectivity index (χ1v) is 14.1. The van der Waals surface area contributed by atoms with Crippen LogP contribution >= 0.6 is 0 Å². The molecule has 2 aliphatic carbocycles. The zero-order valence-electron chi connectivity index (χ0n) is 22.1. The normalized spacial score (nSPS) is 18.2. The van der Waals surface area contributed by atoms with E-state index in [4.69, 9.17) is 0 Å². The molecule has 0 atom stereocenters. The molecule has 2 heterocycles. The van der Waals surface area contributed by atoms with E-state index in [1.807, 2.05) is 29.0 Å². The Bertz CT molecular complexity index is 1420. The van der Waals surface area contributed by atoms with Crippen LogP contribution in [0.4, 0.5) is 4.39 Å². The van der Waals surface area contributed by atoms with Crippen LogP contribution in [0.25, 0.3) is 21.9 Å². The lowest BCUT2D eigenvalue weighted by Gasteiger charge is -2.23. The Morgan fingerprint density at radius 3 is 2.55 bits per heavy atom. The maximum atomic E-state index is 15.0. The highest BCUT2D eigenvalue weighted by Crippen LogP contribution is 2.33. The molecule has 0 spiro atoms. The van der Waals surface area contributed by atoms with Gasteiger partial charge in [-0.2, -0.15) is 0 Å². The fraction of sp³-hybridized carbons (Fsp3) is 0.484. The van der Waals surface area contributed by atoms with Crippen molar-refractivity contribution in [3.05, 3.63) is 69.4 Å². The summed E-state index contributed by atoms with van der Waals surface area (Å²) in [5.41, 5.74) is 3.44. The van der Waals surface area contributed by atoms with Gasteiger partial charge in [0, 0.05) is 36.3 Å². The minimum Gasteiger partial charge on any atom is -0.349 e. The molecule has 3 N–H and O–H groups in total. The number of halogens is 1. The second-order valence-corrected chi connectivity index (χ2v) is 11.5. The lowest BCUT2D eigenvalue weighted by atomic mass is 9.94. The number of carbonyl (C=O) groups excluding carboxylic acids is 1.